The molecule has 0 amide bonds. The molecule has 29 heavy (non-hydrogen) atoms. The third-order valence-corrected chi connectivity index (χ3v) is 5.02. The predicted molar refractivity (Wildman–Crippen MR) is 120 cm³/mol. The van der Waals surface area contributed by atoms with E-state index in [1.165, 1.54) is 5.69 Å². The van der Waals surface area contributed by atoms with E-state index in [2.05, 4.69) is 45.2 Å². The van der Waals surface area contributed by atoms with E-state index in [9.17, 15) is 0 Å². The molecule has 1 fully saturated rings. The number of aliphatic imine (C=N–C) groups is 1. The number of ether oxygens (including phenoxy) is 1. The second-order valence-electron chi connectivity index (χ2n) is 7.23. The van der Waals surface area contributed by atoms with E-state index in [0.29, 0.717) is 6.54 Å². The molecule has 3 rings (SSSR count). The highest BCUT2D eigenvalue weighted by atomic mass is 16.5. The summed E-state index contributed by atoms with van der Waals surface area (Å²) in [6, 6.07) is 12.3. The van der Waals surface area contributed by atoms with Crippen LogP contribution < -0.4 is 19.9 Å². The molecule has 0 radical (unpaired) electrons. The fourth-order valence-corrected chi connectivity index (χ4v) is 3.53. The van der Waals surface area contributed by atoms with Crippen LogP contribution in [0, 0.1) is 0 Å². The summed E-state index contributed by atoms with van der Waals surface area (Å²) in [5, 5.41) is 3.45. The van der Waals surface area contributed by atoms with Gasteiger partial charge in [-0.3, -0.25) is 0 Å². The first-order valence-electron chi connectivity index (χ1n) is 10.2. The maximum absolute atomic E-state index is 5.36. The second-order valence-corrected chi connectivity index (χ2v) is 7.23. The number of guanidine groups is 1. The second kappa shape index (κ2) is 10.0. The van der Waals surface area contributed by atoms with Crippen molar-refractivity contribution in [1.29, 1.82) is 0 Å². The summed E-state index contributed by atoms with van der Waals surface area (Å²) in [6.45, 7) is 7.33. The summed E-state index contributed by atoms with van der Waals surface area (Å²) < 4.78 is 5.36. The smallest absolute Gasteiger partial charge is 0.194 e. The van der Waals surface area contributed by atoms with Crippen molar-refractivity contribution in [2.75, 3.05) is 63.7 Å². The van der Waals surface area contributed by atoms with E-state index >= 15 is 0 Å². The number of hydrogen-bond donors (Lipinski definition) is 1. The molecule has 156 valence electrons. The van der Waals surface area contributed by atoms with Crippen LogP contribution in [0.25, 0.3) is 0 Å². The van der Waals surface area contributed by atoms with Crippen LogP contribution in [-0.2, 0) is 6.54 Å². The Bertz CT molecular complexity index is 814. The Labute approximate surface area is 174 Å². The van der Waals surface area contributed by atoms with E-state index in [0.717, 1.165) is 55.8 Å². The zero-order chi connectivity index (χ0) is 20.6. The van der Waals surface area contributed by atoms with E-state index < -0.39 is 0 Å². The predicted octanol–water partition coefficient (Wildman–Crippen LogP) is 2.44. The first-order chi connectivity index (χ1) is 14.1. The number of methoxy groups -OCH3 is 1. The van der Waals surface area contributed by atoms with Gasteiger partial charge in [0.05, 0.1) is 13.7 Å². The van der Waals surface area contributed by atoms with Crippen molar-refractivity contribution in [2.24, 2.45) is 4.99 Å². The summed E-state index contributed by atoms with van der Waals surface area (Å²) in [7, 11) is 5.73. The number of pyridine rings is 1. The molecule has 0 aliphatic carbocycles. The maximum atomic E-state index is 5.36. The Hall–Kier alpha value is -2.96. The molecule has 7 heteroatoms. The molecule has 1 aromatic heterocycles. The van der Waals surface area contributed by atoms with Crippen LogP contribution in [0.1, 0.15) is 12.5 Å². The number of nitrogens with zero attached hydrogens (tertiary/aromatic N) is 5. The number of piperazine rings is 1. The number of hydrogen-bond acceptors (Lipinski definition) is 5. The molecule has 0 spiro atoms. The quantitative estimate of drug-likeness (QED) is 0.598. The van der Waals surface area contributed by atoms with Gasteiger partial charge in [-0.05, 0) is 25.1 Å². The van der Waals surface area contributed by atoms with Gasteiger partial charge in [0.1, 0.15) is 11.6 Å². The lowest BCUT2D eigenvalue weighted by atomic mass is 10.2. The summed E-state index contributed by atoms with van der Waals surface area (Å²) in [5.74, 6) is 2.83. The van der Waals surface area contributed by atoms with E-state index in [4.69, 9.17) is 9.73 Å². The van der Waals surface area contributed by atoms with E-state index in [-0.39, 0.29) is 0 Å². The topological polar surface area (TPSA) is 56.2 Å². The Balaban J connectivity index is 1.67. The molecular weight excluding hydrogens is 364 g/mol. The van der Waals surface area contributed by atoms with Crippen molar-refractivity contribution in [2.45, 2.75) is 13.5 Å². The van der Waals surface area contributed by atoms with Crippen LogP contribution in [0.15, 0.2) is 47.6 Å². The molecule has 1 aliphatic heterocycles. The number of nitrogens with one attached hydrogen (secondary N) is 1. The Kier molecular flexibility index (Phi) is 7.16. The first kappa shape index (κ1) is 20.8. The standard InChI is InChI=1S/C22H32N6O/c1-5-23-22(25-17-18-8-7-11-24-21(18)26(2)3)28-14-12-27(13-15-28)19-9-6-10-20(16-19)29-4/h6-11,16H,5,12-15,17H2,1-4H3,(H,23,25). The normalized spacial score (nSPS) is 14.7. The maximum Gasteiger partial charge on any atom is 0.194 e. The van der Waals surface area contributed by atoms with Crippen LogP contribution in [0.4, 0.5) is 11.5 Å². The number of benzene rings is 1. The van der Waals surface area contributed by atoms with Crippen molar-refractivity contribution in [3.8, 4) is 5.75 Å². The van der Waals surface area contributed by atoms with E-state index in [1.807, 2.05) is 43.4 Å². The average Bonchev–Trinajstić information content (AvgIpc) is 2.77. The molecule has 0 bridgehead atoms. The third-order valence-electron chi connectivity index (χ3n) is 5.02. The number of aromatic nitrogens is 1. The van der Waals surface area contributed by atoms with Gasteiger partial charge in [0.2, 0.25) is 0 Å². The van der Waals surface area contributed by atoms with E-state index in [1.54, 1.807) is 7.11 Å². The Morgan fingerprint density at radius 2 is 1.97 bits per heavy atom. The van der Waals surface area contributed by atoms with Gasteiger partial charge in [-0.25, -0.2) is 9.98 Å². The highest BCUT2D eigenvalue weighted by Gasteiger charge is 2.20. The lowest BCUT2D eigenvalue weighted by molar-refractivity contribution is 0.372. The molecule has 0 atom stereocenters. The zero-order valence-electron chi connectivity index (χ0n) is 17.9. The molecule has 1 aliphatic rings. The first-order valence-corrected chi connectivity index (χ1v) is 10.2. The lowest BCUT2D eigenvalue weighted by Gasteiger charge is -2.37. The Morgan fingerprint density at radius 3 is 2.66 bits per heavy atom. The van der Waals surface area contributed by atoms with Crippen LogP contribution in [0.5, 0.6) is 5.75 Å². The Morgan fingerprint density at radius 1 is 1.17 bits per heavy atom. The van der Waals surface area contributed by atoms with Gasteiger partial charge < -0.3 is 24.8 Å². The monoisotopic (exact) mass is 396 g/mol. The molecule has 2 heterocycles. The largest absolute Gasteiger partial charge is 0.497 e. The van der Waals surface area contributed by atoms with Crippen LogP contribution >= 0.6 is 0 Å². The minimum atomic E-state index is 0.611. The fourth-order valence-electron chi connectivity index (χ4n) is 3.53. The molecular formula is C22H32N6O. The number of rotatable bonds is 6. The van der Waals surface area contributed by atoms with Crippen LogP contribution in [0.2, 0.25) is 0 Å². The minimum Gasteiger partial charge on any atom is -0.497 e. The van der Waals surface area contributed by atoms with Crippen molar-refractivity contribution in [3.05, 3.63) is 48.2 Å². The zero-order valence-corrected chi connectivity index (χ0v) is 17.9. The van der Waals surface area contributed by atoms with Gasteiger partial charge in [0, 0.05) is 70.3 Å². The summed E-state index contributed by atoms with van der Waals surface area (Å²) in [5.41, 5.74) is 2.33. The highest BCUT2D eigenvalue weighted by Crippen LogP contribution is 2.22. The molecule has 1 aromatic carbocycles. The van der Waals surface area contributed by atoms with Gasteiger partial charge in [-0.2, -0.15) is 0 Å². The summed E-state index contributed by atoms with van der Waals surface area (Å²) in [6.07, 6.45) is 1.82. The summed E-state index contributed by atoms with van der Waals surface area (Å²) >= 11 is 0. The summed E-state index contributed by atoms with van der Waals surface area (Å²) in [4.78, 5) is 16.1. The molecule has 0 saturated carbocycles. The van der Waals surface area contributed by atoms with Crippen molar-refractivity contribution in [1.82, 2.24) is 15.2 Å². The molecule has 1 N–H and O–H groups in total. The SMILES string of the molecule is CCNC(=NCc1cccnc1N(C)C)N1CCN(c2cccc(OC)c2)CC1. The molecule has 1 saturated heterocycles. The van der Waals surface area contributed by atoms with Crippen LogP contribution in [0.3, 0.4) is 0 Å². The number of anilines is 2. The van der Waals surface area contributed by atoms with Gasteiger partial charge in [-0.15, -0.1) is 0 Å². The van der Waals surface area contributed by atoms with Crippen molar-refractivity contribution >= 4 is 17.5 Å². The molecule has 2 aromatic rings. The van der Waals surface area contributed by atoms with Gasteiger partial charge in [-0.1, -0.05) is 12.1 Å². The van der Waals surface area contributed by atoms with Crippen LogP contribution in [-0.4, -0.2) is 69.8 Å². The average molecular weight is 397 g/mol. The molecule has 0 unspecified atom stereocenters. The lowest BCUT2D eigenvalue weighted by Crippen LogP contribution is -2.52. The third kappa shape index (κ3) is 5.31. The van der Waals surface area contributed by atoms with Crippen molar-refractivity contribution < 1.29 is 4.74 Å². The van der Waals surface area contributed by atoms with Crippen molar-refractivity contribution in [3.63, 3.8) is 0 Å². The van der Waals surface area contributed by atoms with Gasteiger partial charge in [0.15, 0.2) is 5.96 Å². The minimum absolute atomic E-state index is 0.611. The fraction of sp³-hybridized carbons (Fsp3) is 0.455. The highest BCUT2D eigenvalue weighted by molar-refractivity contribution is 5.80. The van der Waals surface area contributed by atoms with Gasteiger partial charge in [0.25, 0.3) is 0 Å². The molecule has 7 nitrogen and oxygen atoms in total. The van der Waals surface area contributed by atoms with Gasteiger partial charge >= 0.3 is 0 Å².